The van der Waals surface area contributed by atoms with Crippen LogP contribution in [0.4, 0.5) is 0 Å². The summed E-state index contributed by atoms with van der Waals surface area (Å²) in [4.78, 5) is 3.76. The number of rotatable bonds is 3. The van der Waals surface area contributed by atoms with Crippen LogP contribution in [0.1, 0.15) is 5.56 Å². The minimum absolute atomic E-state index is 0.0121. The van der Waals surface area contributed by atoms with Gasteiger partial charge in [-0.1, -0.05) is 58.5 Å². The van der Waals surface area contributed by atoms with Crippen LogP contribution < -0.4 is 4.74 Å². The predicted molar refractivity (Wildman–Crippen MR) is 76.7 cm³/mol. The highest BCUT2D eigenvalue weighted by Gasteiger charge is 2.17. The fourth-order valence-electron chi connectivity index (χ4n) is 1.34. The first-order chi connectivity index (χ1) is 9.02. The summed E-state index contributed by atoms with van der Waals surface area (Å²) in [5.41, 5.74) is 0.760. The van der Waals surface area contributed by atoms with E-state index in [4.69, 9.17) is 56.2 Å². The van der Waals surface area contributed by atoms with Crippen LogP contribution in [0.2, 0.25) is 20.4 Å². The van der Waals surface area contributed by atoms with Gasteiger partial charge in [0.05, 0.1) is 6.61 Å². The largest absolute Gasteiger partial charge is 0.454 e. The summed E-state index contributed by atoms with van der Waals surface area (Å²) < 4.78 is 5.55. The lowest BCUT2D eigenvalue weighted by atomic mass is 10.2. The van der Waals surface area contributed by atoms with E-state index in [-0.39, 0.29) is 32.7 Å². The van der Waals surface area contributed by atoms with E-state index in [9.17, 15) is 0 Å². The number of aliphatic hydroxyl groups is 1. The van der Waals surface area contributed by atoms with Crippen molar-refractivity contribution in [3.05, 3.63) is 50.2 Å². The highest BCUT2D eigenvalue weighted by Crippen LogP contribution is 2.42. The van der Waals surface area contributed by atoms with Gasteiger partial charge in [0.1, 0.15) is 15.8 Å². The average Bonchev–Trinajstić information content (AvgIpc) is 2.42. The summed E-state index contributed by atoms with van der Waals surface area (Å²) >= 11 is 23.6. The summed E-state index contributed by atoms with van der Waals surface area (Å²) in [6.45, 7) is -0.0469. The van der Waals surface area contributed by atoms with Crippen LogP contribution in [0.3, 0.4) is 0 Å². The zero-order chi connectivity index (χ0) is 14.0. The van der Waals surface area contributed by atoms with Gasteiger partial charge in [-0.25, -0.2) is 4.98 Å². The predicted octanol–water partition coefficient (Wildman–Crippen LogP) is 4.98. The van der Waals surface area contributed by atoms with Crippen molar-refractivity contribution in [3.63, 3.8) is 0 Å². The highest BCUT2D eigenvalue weighted by atomic mass is 35.5. The number of aliphatic hydroxyl groups excluding tert-OH is 1. The number of ether oxygens (including phenoxy) is 1. The first-order valence-corrected chi connectivity index (χ1v) is 6.61. The summed E-state index contributed by atoms with van der Waals surface area (Å²) in [5, 5.41) is 9.15. The summed E-state index contributed by atoms with van der Waals surface area (Å²) in [6, 6.07) is 6.75. The Bertz CT molecular complexity index is 575. The molecular weight excluding hydrogens is 332 g/mol. The zero-order valence-corrected chi connectivity index (χ0v) is 12.4. The molecule has 100 valence electrons. The van der Waals surface area contributed by atoms with Crippen molar-refractivity contribution < 1.29 is 9.84 Å². The van der Waals surface area contributed by atoms with Crippen molar-refractivity contribution in [1.82, 2.24) is 4.98 Å². The lowest BCUT2D eigenvalue weighted by Crippen LogP contribution is -1.91. The van der Waals surface area contributed by atoms with Crippen molar-refractivity contribution in [3.8, 4) is 11.5 Å². The maximum Gasteiger partial charge on any atom is 0.170 e. The first-order valence-electron chi connectivity index (χ1n) is 5.10. The van der Waals surface area contributed by atoms with Gasteiger partial charge in [-0.2, -0.15) is 0 Å². The number of aromatic nitrogens is 1. The van der Waals surface area contributed by atoms with Gasteiger partial charge < -0.3 is 9.84 Å². The average molecular weight is 339 g/mol. The number of hydrogen-bond donors (Lipinski definition) is 1. The quantitative estimate of drug-likeness (QED) is 0.802. The first kappa shape index (κ1) is 14.7. The molecular formula is C12H7Cl4NO2. The van der Waals surface area contributed by atoms with Gasteiger partial charge in [0.15, 0.2) is 16.1 Å². The van der Waals surface area contributed by atoms with Gasteiger partial charge in [0.2, 0.25) is 0 Å². The molecule has 0 aliphatic heterocycles. The molecule has 0 saturated heterocycles. The Balaban J connectivity index is 2.37. The third-order valence-electron chi connectivity index (χ3n) is 2.28. The molecule has 0 saturated carbocycles. The zero-order valence-electron chi connectivity index (χ0n) is 9.33. The Hall–Kier alpha value is -0.710. The molecule has 0 unspecified atom stereocenters. The van der Waals surface area contributed by atoms with E-state index < -0.39 is 0 Å². The second-order valence-electron chi connectivity index (χ2n) is 3.55. The third-order valence-corrected chi connectivity index (χ3v) is 3.72. The Morgan fingerprint density at radius 2 is 1.47 bits per heavy atom. The van der Waals surface area contributed by atoms with Gasteiger partial charge in [0.25, 0.3) is 0 Å². The maximum absolute atomic E-state index is 8.95. The lowest BCUT2D eigenvalue weighted by Gasteiger charge is -2.11. The van der Waals surface area contributed by atoms with Crippen molar-refractivity contribution >= 4 is 46.4 Å². The summed E-state index contributed by atoms with van der Waals surface area (Å²) in [6.07, 6.45) is 0. The fourth-order valence-corrected chi connectivity index (χ4v) is 2.12. The molecule has 1 aromatic heterocycles. The highest BCUT2D eigenvalue weighted by molar-refractivity contribution is 6.47. The monoisotopic (exact) mass is 337 g/mol. The number of nitrogens with zero attached hydrogens (tertiary/aromatic N) is 1. The van der Waals surface area contributed by atoms with Crippen LogP contribution in [0, 0.1) is 0 Å². The topological polar surface area (TPSA) is 42.4 Å². The normalized spacial score (nSPS) is 10.6. The SMILES string of the molecule is OCc1ccc(Oc2c(Cl)c(Cl)nc(Cl)c2Cl)cc1. The molecule has 0 aliphatic rings. The van der Waals surface area contributed by atoms with Gasteiger partial charge in [-0.3, -0.25) is 0 Å². The van der Waals surface area contributed by atoms with E-state index in [0.29, 0.717) is 5.75 Å². The molecule has 0 atom stereocenters. The molecule has 19 heavy (non-hydrogen) atoms. The maximum atomic E-state index is 8.95. The second kappa shape index (κ2) is 6.16. The molecule has 0 bridgehead atoms. The van der Waals surface area contributed by atoms with Crippen LogP contribution in [-0.2, 0) is 6.61 Å². The molecule has 0 fully saturated rings. The lowest BCUT2D eigenvalue weighted by molar-refractivity contribution is 0.281. The van der Waals surface area contributed by atoms with E-state index in [0.717, 1.165) is 5.56 Å². The molecule has 1 heterocycles. The summed E-state index contributed by atoms with van der Waals surface area (Å²) in [5.74, 6) is 0.629. The van der Waals surface area contributed by atoms with E-state index >= 15 is 0 Å². The van der Waals surface area contributed by atoms with Crippen LogP contribution in [-0.4, -0.2) is 10.1 Å². The molecule has 1 N–H and O–H groups in total. The molecule has 1 aromatic carbocycles. The molecule has 0 spiro atoms. The standard InChI is InChI=1S/C12H7Cl4NO2/c13-8-10(9(14)12(16)17-11(8)15)19-7-3-1-6(5-18)2-4-7/h1-4,18H,5H2. The fraction of sp³-hybridized carbons (Fsp3) is 0.0833. The molecule has 2 rings (SSSR count). The third kappa shape index (κ3) is 3.25. The van der Waals surface area contributed by atoms with Crippen molar-refractivity contribution in [2.75, 3.05) is 0 Å². The molecule has 2 aromatic rings. The number of benzene rings is 1. The van der Waals surface area contributed by atoms with Crippen LogP contribution in [0.15, 0.2) is 24.3 Å². The molecule has 0 aliphatic carbocycles. The van der Waals surface area contributed by atoms with E-state index in [2.05, 4.69) is 4.98 Å². The second-order valence-corrected chi connectivity index (χ2v) is 5.03. The molecule has 0 amide bonds. The van der Waals surface area contributed by atoms with Gasteiger partial charge in [-0.15, -0.1) is 0 Å². The Morgan fingerprint density at radius 3 is 1.95 bits per heavy atom. The molecule has 7 heteroatoms. The van der Waals surface area contributed by atoms with E-state index in [1.54, 1.807) is 24.3 Å². The number of hydrogen-bond acceptors (Lipinski definition) is 3. The van der Waals surface area contributed by atoms with Crippen LogP contribution in [0.25, 0.3) is 0 Å². The van der Waals surface area contributed by atoms with Gasteiger partial charge in [-0.05, 0) is 17.7 Å². The van der Waals surface area contributed by atoms with Crippen LogP contribution >= 0.6 is 46.4 Å². The minimum atomic E-state index is -0.0469. The number of pyridine rings is 1. The van der Waals surface area contributed by atoms with Gasteiger partial charge in [0, 0.05) is 0 Å². The minimum Gasteiger partial charge on any atom is -0.454 e. The van der Waals surface area contributed by atoms with E-state index in [1.165, 1.54) is 0 Å². The van der Waals surface area contributed by atoms with Crippen molar-refractivity contribution in [1.29, 1.82) is 0 Å². The van der Waals surface area contributed by atoms with E-state index in [1.807, 2.05) is 0 Å². The Kier molecular flexibility index (Phi) is 4.76. The smallest absolute Gasteiger partial charge is 0.170 e. The molecule has 0 radical (unpaired) electrons. The summed E-state index contributed by atoms with van der Waals surface area (Å²) in [7, 11) is 0. The van der Waals surface area contributed by atoms with Gasteiger partial charge >= 0.3 is 0 Å². The van der Waals surface area contributed by atoms with Crippen LogP contribution in [0.5, 0.6) is 11.5 Å². The Morgan fingerprint density at radius 1 is 0.947 bits per heavy atom. The number of halogens is 4. The Labute approximate surface area is 129 Å². The molecule has 3 nitrogen and oxygen atoms in total. The van der Waals surface area contributed by atoms with Crippen molar-refractivity contribution in [2.24, 2.45) is 0 Å². The van der Waals surface area contributed by atoms with Crippen molar-refractivity contribution in [2.45, 2.75) is 6.61 Å².